The second kappa shape index (κ2) is 4.74. The molecule has 1 saturated heterocycles. The highest BCUT2D eigenvalue weighted by Gasteiger charge is 2.11. The predicted molar refractivity (Wildman–Crippen MR) is 54.3 cm³/mol. The molecule has 0 aromatic rings. The van der Waals surface area contributed by atoms with Crippen molar-refractivity contribution in [3.05, 3.63) is 12.0 Å². The molecule has 1 fully saturated rings. The van der Waals surface area contributed by atoms with Crippen LogP contribution >= 0.6 is 24.0 Å². The van der Waals surface area contributed by atoms with Gasteiger partial charge in [0, 0.05) is 13.1 Å². The first-order valence-corrected chi connectivity index (χ1v) is 4.95. The number of thiocarbonyl (C=S) groups is 1. The van der Waals surface area contributed by atoms with Crippen LogP contribution in [0.3, 0.4) is 0 Å². The van der Waals surface area contributed by atoms with E-state index in [0.717, 1.165) is 17.4 Å². The average Bonchev–Trinajstić information content (AvgIpc) is 2.40. The Hall–Kier alpha value is -0.0600. The molecule has 1 aliphatic heterocycles. The first-order chi connectivity index (χ1) is 5.33. The summed E-state index contributed by atoms with van der Waals surface area (Å²) in [5.74, 6) is 0. The zero-order chi connectivity index (χ0) is 8.10. The monoisotopic (exact) mass is 188 g/mol. The summed E-state index contributed by atoms with van der Waals surface area (Å²) in [6.07, 6.45) is 2.54. The normalized spacial score (nSPS) is 18.2. The van der Waals surface area contributed by atoms with Crippen LogP contribution in [0, 0.1) is 0 Å². The van der Waals surface area contributed by atoms with Crippen LogP contribution in [0.1, 0.15) is 12.8 Å². The smallest absolute Gasteiger partial charge is 0.152 e. The third-order valence-corrected chi connectivity index (χ3v) is 2.40. The Morgan fingerprint density at radius 1 is 1.55 bits per heavy atom. The van der Waals surface area contributed by atoms with Crippen LogP contribution < -0.4 is 5.43 Å². The lowest BCUT2D eigenvalue weighted by atomic mass is 10.4. The summed E-state index contributed by atoms with van der Waals surface area (Å²) in [7, 11) is 0. The summed E-state index contributed by atoms with van der Waals surface area (Å²) in [4.78, 5) is 0. The Morgan fingerprint density at radius 2 is 2.18 bits per heavy atom. The van der Waals surface area contributed by atoms with E-state index in [9.17, 15) is 0 Å². The highest BCUT2D eigenvalue weighted by molar-refractivity contribution is 8.24. The molecule has 0 saturated carbocycles. The van der Waals surface area contributed by atoms with Gasteiger partial charge in [-0.2, -0.15) is 0 Å². The zero-order valence-corrected chi connectivity index (χ0v) is 8.01. The molecule has 0 unspecified atom stereocenters. The maximum Gasteiger partial charge on any atom is 0.152 e. The SMILES string of the molecule is C=CSC(=S)NN1CCCC1. The van der Waals surface area contributed by atoms with Crippen molar-refractivity contribution < 1.29 is 0 Å². The van der Waals surface area contributed by atoms with E-state index in [1.807, 2.05) is 0 Å². The Labute approximate surface area is 77.0 Å². The second-order valence-corrected chi connectivity index (χ2v) is 4.02. The fourth-order valence-electron chi connectivity index (χ4n) is 1.06. The van der Waals surface area contributed by atoms with E-state index in [1.165, 1.54) is 24.6 Å². The van der Waals surface area contributed by atoms with E-state index in [0.29, 0.717) is 0 Å². The van der Waals surface area contributed by atoms with Gasteiger partial charge in [-0.15, -0.1) is 0 Å². The number of nitrogens with zero attached hydrogens (tertiary/aromatic N) is 1. The molecule has 0 atom stereocenters. The Kier molecular flexibility index (Phi) is 3.90. The Balaban J connectivity index is 2.18. The van der Waals surface area contributed by atoms with Gasteiger partial charge >= 0.3 is 0 Å². The van der Waals surface area contributed by atoms with Crippen molar-refractivity contribution in [1.29, 1.82) is 0 Å². The van der Waals surface area contributed by atoms with Crippen molar-refractivity contribution in [2.24, 2.45) is 0 Å². The first kappa shape index (κ1) is 9.03. The van der Waals surface area contributed by atoms with E-state index in [1.54, 1.807) is 5.41 Å². The lowest BCUT2D eigenvalue weighted by Crippen LogP contribution is -2.37. The minimum absolute atomic E-state index is 0.793. The quantitative estimate of drug-likeness (QED) is 0.664. The van der Waals surface area contributed by atoms with Gasteiger partial charge in [0.2, 0.25) is 0 Å². The van der Waals surface area contributed by atoms with E-state index < -0.39 is 0 Å². The van der Waals surface area contributed by atoms with Crippen LogP contribution in [0.25, 0.3) is 0 Å². The van der Waals surface area contributed by atoms with Crippen LogP contribution in [0.4, 0.5) is 0 Å². The Morgan fingerprint density at radius 3 is 2.73 bits per heavy atom. The summed E-state index contributed by atoms with van der Waals surface area (Å²) in [5.41, 5.74) is 3.14. The van der Waals surface area contributed by atoms with Crippen molar-refractivity contribution >= 4 is 28.3 Å². The minimum Gasteiger partial charge on any atom is -0.304 e. The molecule has 0 aromatic carbocycles. The molecule has 1 heterocycles. The molecular formula is C7H12N2S2. The maximum absolute atomic E-state index is 5.03. The van der Waals surface area contributed by atoms with Crippen LogP contribution in [-0.4, -0.2) is 22.4 Å². The number of hydrogen-bond acceptors (Lipinski definition) is 3. The summed E-state index contributed by atoms with van der Waals surface area (Å²) >= 11 is 6.49. The zero-order valence-electron chi connectivity index (χ0n) is 6.38. The minimum atomic E-state index is 0.793. The molecular weight excluding hydrogens is 176 g/mol. The van der Waals surface area contributed by atoms with Gasteiger partial charge in [-0.05, 0) is 18.2 Å². The molecule has 2 nitrogen and oxygen atoms in total. The van der Waals surface area contributed by atoms with Gasteiger partial charge in [-0.1, -0.05) is 30.6 Å². The molecule has 0 radical (unpaired) electrons. The Bertz CT molecular complexity index is 153. The standard InChI is InChI=1S/C7H12N2S2/c1-2-11-7(10)8-9-5-3-4-6-9/h2H,1,3-6H2,(H,8,10). The van der Waals surface area contributed by atoms with Gasteiger partial charge in [-0.25, -0.2) is 5.01 Å². The number of hydrazine groups is 1. The first-order valence-electron chi connectivity index (χ1n) is 3.66. The summed E-state index contributed by atoms with van der Waals surface area (Å²) < 4.78 is 0.793. The molecule has 0 aromatic heterocycles. The van der Waals surface area contributed by atoms with Crippen molar-refractivity contribution in [3.8, 4) is 0 Å². The number of rotatable bonds is 2. The molecule has 0 spiro atoms. The van der Waals surface area contributed by atoms with Crippen LogP contribution in [-0.2, 0) is 0 Å². The largest absolute Gasteiger partial charge is 0.304 e. The molecule has 0 amide bonds. The average molecular weight is 188 g/mol. The number of hydrogen-bond donors (Lipinski definition) is 1. The lowest BCUT2D eigenvalue weighted by molar-refractivity contribution is 0.300. The second-order valence-electron chi connectivity index (χ2n) is 2.38. The van der Waals surface area contributed by atoms with Crippen molar-refractivity contribution in [3.63, 3.8) is 0 Å². The van der Waals surface area contributed by atoms with Gasteiger partial charge in [0.1, 0.15) is 0 Å². The van der Waals surface area contributed by atoms with E-state index in [2.05, 4.69) is 17.0 Å². The van der Waals surface area contributed by atoms with Crippen LogP contribution in [0.2, 0.25) is 0 Å². The lowest BCUT2D eigenvalue weighted by Gasteiger charge is -2.16. The third-order valence-electron chi connectivity index (χ3n) is 1.55. The predicted octanol–water partition coefficient (Wildman–Crippen LogP) is 1.75. The number of thioether (sulfide) groups is 1. The third kappa shape index (κ3) is 3.22. The maximum atomic E-state index is 5.03. The van der Waals surface area contributed by atoms with Crippen LogP contribution in [0.15, 0.2) is 12.0 Å². The fraction of sp³-hybridized carbons (Fsp3) is 0.571. The summed E-state index contributed by atoms with van der Waals surface area (Å²) in [6, 6.07) is 0. The van der Waals surface area contributed by atoms with Crippen molar-refractivity contribution in [2.45, 2.75) is 12.8 Å². The molecule has 62 valence electrons. The molecule has 1 aliphatic rings. The summed E-state index contributed by atoms with van der Waals surface area (Å²) in [5, 5.41) is 3.89. The summed E-state index contributed by atoms with van der Waals surface area (Å²) in [6.45, 7) is 5.81. The van der Waals surface area contributed by atoms with Gasteiger partial charge < -0.3 is 5.43 Å². The van der Waals surface area contributed by atoms with E-state index in [-0.39, 0.29) is 0 Å². The molecule has 0 aliphatic carbocycles. The van der Waals surface area contributed by atoms with Crippen molar-refractivity contribution in [1.82, 2.24) is 10.4 Å². The van der Waals surface area contributed by atoms with Gasteiger partial charge in [0.25, 0.3) is 0 Å². The molecule has 1 N–H and O–H groups in total. The highest BCUT2D eigenvalue weighted by Crippen LogP contribution is 2.07. The molecule has 1 rings (SSSR count). The topological polar surface area (TPSA) is 15.3 Å². The fourth-order valence-corrected chi connectivity index (χ4v) is 1.73. The van der Waals surface area contributed by atoms with Crippen molar-refractivity contribution in [2.75, 3.05) is 13.1 Å². The van der Waals surface area contributed by atoms with E-state index >= 15 is 0 Å². The van der Waals surface area contributed by atoms with Crippen LogP contribution in [0.5, 0.6) is 0 Å². The molecule has 4 heteroatoms. The van der Waals surface area contributed by atoms with Gasteiger partial charge in [0.15, 0.2) is 4.32 Å². The molecule has 0 bridgehead atoms. The highest BCUT2D eigenvalue weighted by atomic mass is 32.2. The van der Waals surface area contributed by atoms with Gasteiger partial charge in [0.05, 0.1) is 0 Å². The van der Waals surface area contributed by atoms with Gasteiger partial charge in [-0.3, -0.25) is 0 Å². The number of nitrogens with one attached hydrogen (secondary N) is 1. The molecule has 11 heavy (non-hydrogen) atoms. The van der Waals surface area contributed by atoms with E-state index in [4.69, 9.17) is 12.2 Å².